The first-order valence-electron chi connectivity index (χ1n) is 6.83. The number of aromatic carboxylic acids is 1. The number of carboxylic acids is 1. The topological polar surface area (TPSA) is 46.5 Å². The lowest BCUT2D eigenvalue weighted by molar-refractivity contribution is 0.0696. The summed E-state index contributed by atoms with van der Waals surface area (Å²) in [6.07, 6.45) is 0. The third kappa shape index (κ3) is 2.90. The van der Waals surface area contributed by atoms with Crippen molar-refractivity contribution in [2.75, 3.05) is 12.4 Å². The second kappa shape index (κ2) is 5.82. The van der Waals surface area contributed by atoms with Crippen molar-refractivity contribution in [1.82, 2.24) is 0 Å². The van der Waals surface area contributed by atoms with Gasteiger partial charge in [0, 0.05) is 16.6 Å². The van der Waals surface area contributed by atoms with E-state index < -0.39 is 5.97 Å². The van der Waals surface area contributed by atoms with Crippen molar-refractivity contribution in [1.29, 1.82) is 0 Å². The minimum absolute atomic E-state index is 0.293. The van der Waals surface area contributed by atoms with Crippen molar-refractivity contribution in [3.8, 4) is 5.75 Å². The normalized spacial score (nSPS) is 16.5. The summed E-state index contributed by atoms with van der Waals surface area (Å²) in [5.74, 6) is 1.27. The molecule has 0 saturated heterocycles. The minimum atomic E-state index is -0.911. The lowest BCUT2D eigenvalue weighted by atomic mass is 10.0. The van der Waals surface area contributed by atoms with Crippen LogP contribution in [0.4, 0.5) is 0 Å². The molecule has 4 heteroatoms. The average Bonchev–Trinajstić information content (AvgIpc) is 2.89. The molecule has 21 heavy (non-hydrogen) atoms. The first-order chi connectivity index (χ1) is 10.1. The standard InChI is InChI=1S/C17H16O3S/c1-11-8-12(17(18)19)6-7-15(11)20-9-13-10-21-16-5-3-2-4-14(13)16/h2-8,13H,9-10H2,1H3,(H,18,19). The lowest BCUT2D eigenvalue weighted by Gasteiger charge is -2.14. The van der Waals surface area contributed by atoms with Gasteiger partial charge in [-0.2, -0.15) is 0 Å². The SMILES string of the molecule is Cc1cc(C(=O)O)ccc1OCC1CSc2ccccc21. The molecule has 1 aliphatic rings. The van der Waals surface area contributed by atoms with Gasteiger partial charge in [-0.05, 0) is 42.3 Å². The summed E-state index contributed by atoms with van der Waals surface area (Å²) in [7, 11) is 0. The first-order valence-corrected chi connectivity index (χ1v) is 7.82. The largest absolute Gasteiger partial charge is 0.493 e. The number of ether oxygens (including phenoxy) is 1. The molecule has 3 nitrogen and oxygen atoms in total. The van der Waals surface area contributed by atoms with E-state index in [2.05, 4.69) is 24.3 Å². The third-order valence-corrected chi connectivity index (χ3v) is 4.91. The fourth-order valence-electron chi connectivity index (χ4n) is 2.50. The summed E-state index contributed by atoms with van der Waals surface area (Å²) in [5.41, 5.74) is 2.50. The Morgan fingerprint density at radius 2 is 2.14 bits per heavy atom. The number of fused-ring (bicyclic) bond motifs is 1. The first kappa shape index (κ1) is 14.0. The van der Waals surface area contributed by atoms with Gasteiger partial charge in [-0.15, -0.1) is 11.8 Å². The molecule has 1 heterocycles. The summed E-state index contributed by atoms with van der Waals surface area (Å²) < 4.78 is 5.91. The number of carbonyl (C=O) groups is 1. The van der Waals surface area contributed by atoms with Crippen molar-refractivity contribution in [2.45, 2.75) is 17.7 Å². The van der Waals surface area contributed by atoms with Gasteiger partial charge in [0.2, 0.25) is 0 Å². The summed E-state index contributed by atoms with van der Waals surface area (Å²) in [5, 5.41) is 8.97. The Labute approximate surface area is 127 Å². The number of thioether (sulfide) groups is 1. The number of carboxylic acid groups (broad SMARTS) is 1. The molecule has 1 atom stereocenters. The van der Waals surface area contributed by atoms with Gasteiger partial charge in [-0.1, -0.05) is 18.2 Å². The summed E-state index contributed by atoms with van der Waals surface area (Å²) in [6.45, 7) is 2.50. The highest BCUT2D eigenvalue weighted by Crippen LogP contribution is 2.39. The number of hydrogen-bond acceptors (Lipinski definition) is 3. The molecule has 1 unspecified atom stereocenters. The van der Waals surface area contributed by atoms with Gasteiger partial charge < -0.3 is 9.84 Å². The second-order valence-electron chi connectivity index (χ2n) is 5.14. The van der Waals surface area contributed by atoms with Gasteiger partial charge >= 0.3 is 5.97 Å². The van der Waals surface area contributed by atoms with Crippen molar-refractivity contribution in [3.63, 3.8) is 0 Å². The molecule has 0 fully saturated rings. The average molecular weight is 300 g/mol. The van der Waals surface area contributed by atoms with Crippen LogP contribution in [0, 0.1) is 6.92 Å². The number of aryl methyl sites for hydroxylation is 1. The van der Waals surface area contributed by atoms with Crippen molar-refractivity contribution in [2.24, 2.45) is 0 Å². The monoisotopic (exact) mass is 300 g/mol. The van der Waals surface area contributed by atoms with Gasteiger partial charge in [-0.25, -0.2) is 4.79 Å². The molecule has 0 saturated carbocycles. The van der Waals surface area contributed by atoms with E-state index in [1.54, 1.807) is 18.2 Å². The Bertz CT molecular complexity index is 681. The van der Waals surface area contributed by atoms with Crippen LogP contribution in [0.25, 0.3) is 0 Å². The molecule has 0 bridgehead atoms. The van der Waals surface area contributed by atoms with E-state index in [1.807, 2.05) is 18.7 Å². The predicted molar refractivity (Wildman–Crippen MR) is 83.5 cm³/mol. The number of hydrogen-bond donors (Lipinski definition) is 1. The van der Waals surface area contributed by atoms with E-state index >= 15 is 0 Å². The van der Waals surface area contributed by atoms with Crippen LogP contribution in [0.3, 0.4) is 0 Å². The predicted octanol–water partition coefficient (Wildman–Crippen LogP) is 3.96. The minimum Gasteiger partial charge on any atom is -0.493 e. The summed E-state index contributed by atoms with van der Waals surface area (Å²) in [6, 6.07) is 13.4. The van der Waals surface area contributed by atoms with Crippen LogP contribution >= 0.6 is 11.8 Å². The second-order valence-corrected chi connectivity index (χ2v) is 6.20. The molecule has 2 aromatic rings. The molecule has 0 spiro atoms. The highest BCUT2D eigenvalue weighted by molar-refractivity contribution is 7.99. The Kier molecular flexibility index (Phi) is 3.88. The molecule has 0 amide bonds. The van der Waals surface area contributed by atoms with Crippen molar-refractivity contribution >= 4 is 17.7 Å². The van der Waals surface area contributed by atoms with Crippen LogP contribution in [-0.4, -0.2) is 23.4 Å². The molecular weight excluding hydrogens is 284 g/mol. The third-order valence-electron chi connectivity index (χ3n) is 3.66. The maximum atomic E-state index is 10.9. The maximum absolute atomic E-state index is 10.9. The Balaban J connectivity index is 1.70. The fraction of sp³-hybridized carbons (Fsp3) is 0.235. The molecule has 0 aromatic heterocycles. The van der Waals surface area contributed by atoms with Gasteiger partial charge in [0.15, 0.2) is 0 Å². The van der Waals surface area contributed by atoms with E-state index in [0.717, 1.165) is 17.1 Å². The highest BCUT2D eigenvalue weighted by atomic mass is 32.2. The summed E-state index contributed by atoms with van der Waals surface area (Å²) in [4.78, 5) is 12.3. The Morgan fingerprint density at radius 1 is 1.33 bits per heavy atom. The maximum Gasteiger partial charge on any atom is 0.335 e. The summed E-state index contributed by atoms with van der Waals surface area (Å²) >= 11 is 1.86. The van der Waals surface area contributed by atoms with Crippen LogP contribution in [0.5, 0.6) is 5.75 Å². The molecule has 2 aromatic carbocycles. The van der Waals surface area contributed by atoms with Gasteiger partial charge in [0.1, 0.15) is 5.75 Å². The van der Waals surface area contributed by atoms with Gasteiger partial charge in [0.05, 0.1) is 12.2 Å². The molecule has 0 aliphatic carbocycles. The zero-order valence-corrected chi connectivity index (χ0v) is 12.5. The van der Waals surface area contributed by atoms with Crippen LogP contribution in [0.2, 0.25) is 0 Å². The molecule has 1 aliphatic heterocycles. The van der Waals surface area contributed by atoms with E-state index in [0.29, 0.717) is 18.1 Å². The quantitative estimate of drug-likeness (QED) is 0.928. The highest BCUT2D eigenvalue weighted by Gasteiger charge is 2.23. The molecule has 3 rings (SSSR count). The van der Waals surface area contributed by atoms with Crippen LogP contribution < -0.4 is 4.74 Å². The molecule has 0 radical (unpaired) electrons. The van der Waals surface area contributed by atoms with Gasteiger partial charge in [0.25, 0.3) is 0 Å². The fourth-order valence-corrected chi connectivity index (χ4v) is 3.73. The Morgan fingerprint density at radius 3 is 2.90 bits per heavy atom. The zero-order valence-electron chi connectivity index (χ0n) is 11.7. The van der Waals surface area contributed by atoms with E-state index in [9.17, 15) is 4.79 Å². The Hall–Kier alpha value is -1.94. The van der Waals surface area contributed by atoms with E-state index in [-0.39, 0.29) is 0 Å². The van der Waals surface area contributed by atoms with Crippen LogP contribution in [0.1, 0.15) is 27.4 Å². The van der Waals surface area contributed by atoms with Crippen LogP contribution in [-0.2, 0) is 0 Å². The molecule has 108 valence electrons. The van der Waals surface area contributed by atoms with Gasteiger partial charge in [-0.3, -0.25) is 0 Å². The smallest absolute Gasteiger partial charge is 0.335 e. The lowest BCUT2D eigenvalue weighted by Crippen LogP contribution is -2.10. The number of benzene rings is 2. The van der Waals surface area contributed by atoms with E-state index in [1.165, 1.54) is 10.5 Å². The number of rotatable bonds is 4. The van der Waals surface area contributed by atoms with E-state index in [4.69, 9.17) is 9.84 Å². The van der Waals surface area contributed by atoms with Crippen molar-refractivity contribution < 1.29 is 14.6 Å². The van der Waals surface area contributed by atoms with Crippen LogP contribution in [0.15, 0.2) is 47.4 Å². The molecular formula is C17H16O3S. The zero-order chi connectivity index (χ0) is 14.8. The van der Waals surface area contributed by atoms with Crippen molar-refractivity contribution in [3.05, 3.63) is 59.2 Å². The molecule has 1 N–H and O–H groups in total.